The second-order valence-corrected chi connectivity index (χ2v) is 10.3. The summed E-state index contributed by atoms with van der Waals surface area (Å²) >= 11 is 3.51. The Morgan fingerprint density at radius 1 is 1.12 bits per heavy atom. The first kappa shape index (κ1) is 21.8. The average Bonchev–Trinajstić information content (AvgIpc) is 3.50. The summed E-state index contributed by atoms with van der Waals surface area (Å²) in [5.74, 6) is 1.78. The Morgan fingerprint density at radius 3 is 2.71 bits per heavy atom. The van der Waals surface area contributed by atoms with Gasteiger partial charge in [0.05, 0.1) is 35.6 Å². The minimum Gasteiger partial charge on any atom is -0.378 e. The van der Waals surface area contributed by atoms with E-state index < -0.39 is 0 Å². The second kappa shape index (κ2) is 9.16. The Labute approximate surface area is 205 Å². The van der Waals surface area contributed by atoms with Crippen molar-refractivity contribution >= 4 is 44.7 Å². The van der Waals surface area contributed by atoms with Gasteiger partial charge < -0.3 is 25.4 Å². The van der Waals surface area contributed by atoms with Gasteiger partial charge in [0.25, 0.3) is 0 Å². The fourth-order valence-corrected chi connectivity index (χ4v) is 6.58. The lowest BCUT2D eigenvalue weighted by molar-refractivity contribution is 0.0300. The summed E-state index contributed by atoms with van der Waals surface area (Å²) in [5.41, 5.74) is 9.77. The summed E-state index contributed by atoms with van der Waals surface area (Å²) in [6.07, 6.45) is 3.47. The lowest BCUT2D eigenvalue weighted by atomic mass is 10.1. The van der Waals surface area contributed by atoms with E-state index >= 15 is 0 Å². The molecule has 4 aromatic heterocycles. The zero-order valence-electron chi connectivity index (χ0n) is 18.8. The van der Waals surface area contributed by atoms with Gasteiger partial charge in [-0.1, -0.05) is 0 Å². The SMILES string of the molecule is Cc1c(-c2csc(C3CNCCO3)c2)sc2c(N3CCOCC3)nc(-c3cnc(N)nc3)nc12. The summed E-state index contributed by atoms with van der Waals surface area (Å²) in [6, 6.07) is 2.26. The van der Waals surface area contributed by atoms with Crippen molar-refractivity contribution in [2.75, 3.05) is 56.6 Å². The topological polar surface area (TPSA) is 111 Å². The summed E-state index contributed by atoms with van der Waals surface area (Å²) in [4.78, 5) is 23.0. The molecule has 2 fully saturated rings. The van der Waals surface area contributed by atoms with Crippen molar-refractivity contribution in [3.8, 4) is 21.8 Å². The maximum absolute atomic E-state index is 5.96. The number of hydrogen-bond donors (Lipinski definition) is 2. The van der Waals surface area contributed by atoms with Gasteiger partial charge in [-0.3, -0.25) is 0 Å². The Balaban J connectivity index is 1.46. The molecule has 0 aliphatic carbocycles. The molecule has 2 aliphatic heterocycles. The quantitative estimate of drug-likeness (QED) is 0.441. The molecule has 0 amide bonds. The number of nitrogens with two attached hydrogens (primary N) is 1. The largest absolute Gasteiger partial charge is 0.378 e. The Kier molecular flexibility index (Phi) is 5.87. The molecular formula is C23H25N7O2S2. The van der Waals surface area contributed by atoms with Crippen molar-refractivity contribution < 1.29 is 9.47 Å². The minimum absolute atomic E-state index is 0.114. The van der Waals surface area contributed by atoms with E-state index in [1.807, 2.05) is 0 Å². The van der Waals surface area contributed by atoms with Crippen LogP contribution < -0.4 is 16.0 Å². The first-order valence-corrected chi connectivity index (χ1v) is 13.0. The monoisotopic (exact) mass is 495 g/mol. The first-order chi connectivity index (χ1) is 16.7. The molecule has 3 N–H and O–H groups in total. The number of nitrogens with zero attached hydrogens (tertiary/aromatic N) is 5. The molecule has 176 valence electrons. The van der Waals surface area contributed by atoms with Gasteiger partial charge in [-0.15, -0.1) is 22.7 Å². The third kappa shape index (κ3) is 4.03. The zero-order chi connectivity index (χ0) is 23.1. The third-order valence-electron chi connectivity index (χ3n) is 6.12. The standard InChI is InChI=1S/C23H25N7O2S2/c1-13-18-20(34-19(13)14-8-17(33-12-14)16-11-25-2-5-32-16)22(30-3-6-31-7-4-30)29-21(28-18)15-9-26-23(24)27-10-15/h8-10,12,16,25H,2-7,11H2,1H3,(H2,24,26,27). The van der Waals surface area contributed by atoms with Crippen LogP contribution in [0.4, 0.5) is 11.8 Å². The molecule has 4 aromatic rings. The van der Waals surface area contributed by atoms with Gasteiger partial charge in [0.15, 0.2) is 11.6 Å². The van der Waals surface area contributed by atoms with Crippen molar-refractivity contribution in [3.63, 3.8) is 0 Å². The van der Waals surface area contributed by atoms with E-state index in [-0.39, 0.29) is 12.1 Å². The number of ether oxygens (including phenoxy) is 2. The molecule has 0 spiro atoms. The van der Waals surface area contributed by atoms with Crippen LogP contribution in [0.3, 0.4) is 0 Å². The smallest absolute Gasteiger partial charge is 0.219 e. The highest BCUT2D eigenvalue weighted by atomic mass is 32.1. The lowest BCUT2D eigenvalue weighted by Gasteiger charge is -2.28. The summed E-state index contributed by atoms with van der Waals surface area (Å²) in [7, 11) is 0. The number of rotatable bonds is 4. The molecule has 2 aliphatic rings. The van der Waals surface area contributed by atoms with E-state index in [9.17, 15) is 0 Å². The minimum atomic E-state index is 0.114. The molecule has 11 heteroatoms. The molecule has 1 unspecified atom stereocenters. The van der Waals surface area contributed by atoms with Crippen molar-refractivity contribution in [3.05, 3.63) is 34.3 Å². The van der Waals surface area contributed by atoms with Gasteiger partial charge >= 0.3 is 0 Å². The van der Waals surface area contributed by atoms with Crippen LogP contribution >= 0.6 is 22.7 Å². The highest BCUT2D eigenvalue weighted by Gasteiger charge is 2.24. The Morgan fingerprint density at radius 2 is 1.94 bits per heavy atom. The molecule has 0 bridgehead atoms. The fraction of sp³-hybridized carbons (Fsp3) is 0.391. The summed E-state index contributed by atoms with van der Waals surface area (Å²) < 4.78 is 12.6. The van der Waals surface area contributed by atoms with Gasteiger partial charge in [-0.25, -0.2) is 19.9 Å². The maximum atomic E-state index is 5.96. The molecule has 2 saturated heterocycles. The molecule has 9 nitrogen and oxygen atoms in total. The van der Waals surface area contributed by atoms with Crippen LogP contribution in [0.15, 0.2) is 23.8 Å². The Bertz CT molecular complexity index is 1310. The molecule has 6 rings (SSSR count). The second-order valence-electron chi connectivity index (χ2n) is 8.34. The highest BCUT2D eigenvalue weighted by Crippen LogP contribution is 2.44. The van der Waals surface area contributed by atoms with Crippen LogP contribution in [0.25, 0.3) is 32.0 Å². The van der Waals surface area contributed by atoms with Gasteiger partial charge in [0.1, 0.15) is 6.10 Å². The molecule has 6 heterocycles. The number of anilines is 2. The zero-order valence-corrected chi connectivity index (χ0v) is 20.4. The number of aryl methyl sites for hydroxylation is 1. The molecule has 34 heavy (non-hydrogen) atoms. The van der Waals surface area contributed by atoms with Crippen molar-refractivity contribution in [1.29, 1.82) is 0 Å². The predicted octanol–water partition coefficient (Wildman–Crippen LogP) is 3.26. The van der Waals surface area contributed by atoms with Crippen LogP contribution in [-0.4, -0.2) is 65.9 Å². The number of nitrogens with one attached hydrogen (secondary N) is 1. The van der Waals surface area contributed by atoms with Gasteiger partial charge in [0, 0.05) is 53.9 Å². The number of morpholine rings is 2. The average molecular weight is 496 g/mol. The molecular weight excluding hydrogens is 470 g/mol. The van der Waals surface area contributed by atoms with E-state index in [0.29, 0.717) is 19.0 Å². The van der Waals surface area contributed by atoms with Crippen LogP contribution in [-0.2, 0) is 9.47 Å². The third-order valence-corrected chi connectivity index (χ3v) is 8.47. The number of aromatic nitrogens is 4. The van der Waals surface area contributed by atoms with Crippen LogP contribution in [0, 0.1) is 6.92 Å². The van der Waals surface area contributed by atoms with E-state index in [1.165, 1.54) is 15.3 Å². The number of thiophene rings is 2. The van der Waals surface area contributed by atoms with Crippen LogP contribution in [0.1, 0.15) is 16.5 Å². The molecule has 0 saturated carbocycles. The van der Waals surface area contributed by atoms with E-state index in [2.05, 4.69) is 38.6 Å². The first-order valence-electron chi connectivity index (χ1n) is 11.3. The number of fused-ring (bicyclic) bond motifs is 1. The number of nitrogen functional groups attached to an aromatic ring is 1. The predicted molar refractivity (Wildman–Crippen MR) is 135 cm³/mol. The molecule has 0 aromatic carbocycles. The molecule has 1 atom stereocenters. The van der Waals surface area contributed by atoms with Crippen LogP contribution in [0.2, 0.25) is 0 Å². The van der Waals surface area contributed by atoms with E-state index in [0.717, 1.165) is 59.9 Å². The van der Waals surface area contributed by atoms with Gasteiger partial charge in [0.2, 0.25) is 5.95 Å². The van der Waals surface area contributed by atoms with Crippen LogP contribution in [0.5, 0.6) is 0 Å². The fourth-order valence-electron chi connectivity index (χ4n) is 4.31. The van der Waals surface area contributed by atoms with E-state index in [4.69, 9.17) is 25.2 Å². The van der Waals surface area contributed by atoms with E-state index in [1.54, 1.807) is 35.1 Å². The summed E-state index contributed by atoms with van der Waals surface area (Å²) in [6.45, 7) is 7.62. The maximum Gasteiger partial charge on any atom is 0.219 e. The van der Waals surface area contributed by atoms with Crippen molar-refractivity contribution in [2.24, 2.45) is 0 Å². The number of hydrogen-bond acceptors (Lipinski definition) is 11. The van der Waals surface area contributed by atoms with Crippen molar-refractivity contribution in [2.45, 2.75) is 13.0 Å². The summed E-state index contributed by atoms with van der Waals surface area (Å²) in [5, 5.41) is 5.64. The molecule has 0 radical (unpaired) electrons. The highest BCUT2D eigenvalue weighted by molar-refractivity contribution is 7.23. The lowest BCUT2D eigenvalue weighted by Crippen LogP contribution is -2.36. The Hall–Kier alpha value is -2.70. The normalized spacial score (nSPS) is 19.1. The van der Waals surface area contributed by atoms with Gasteiger partial charge in [-0.2, -0.15) is 0 Å². The van der Waals surface area contributed by atoms with Crippen molar-refractivity contribution in [1.82, 2.24) is 25.3 Å². The van der Waals surface area contributed by atoms with Gasteiger partial charge in [-0.05, 0) is 23.9 Å².